The quantitative estimate of drug-likeness (QED) is 0.783. The minimum Gasteiger partial charge on any atom is -0.343 e. The molecule has 1 rings (SSSR count). The Bertz CT molecular complexity index is 362. The molecule has 0 saturated carbocycles. The Kier molecular flexibility index (Phi) is 4.66. The molecule has 4 heteroatoms. The van der Waals surface area contributed by atoms with Gasteiger partial charge in [0.25, 0.3) is 0 Å². The highest BCUT2D eigenvalue weighted by atomic mass is 16.2. The van der Waals surface area contributed by atoms with Gasteiger partial charge in [0, 0.05) is 20.1 Å². The molecule has 17 heavy (non-hydrogen) atoms. The second kappa shape index (κ2) is 5.80. The molecule has 0 aromatic heterocycles. The average molecular weight is 235 g/mol. The van der Waals surface area contributed by atoms with Crippen LogP contribution in [-0.4, -0.2) is 38.0 Å². The molecular weight excluding hydrogens is 214 g/mol. The summed E-state index contributed by atoms with van der Waals surface area (Å²) in [7, 11) is 3.63. The predicted molar refractivity (Wildman–Crippen MR) is 69.5 cm³/mol. The first-order chi connectivity index (χ1) is 8.00. The third-order valence-corrected chi connectivity index (χ3v) is 2.86. The second-order valence-corrected chi connectivity index (χ2v) is 4.40. The summed E-state index contributed by atoms with van der Waals surface area (Å²) in [5.74, 6) is -0.0704. The van der Waals surface area contributed by atoms with E-state index in [9.17, 15) is 4.79 Å². The van der Waals surface area contributed by atoms with Crippen LogP contribution < -0.4 is 11.1 Å². The Hall–Kier alpha value is -1.39. The maximum Gasteiger partial charge on any atom is 0.246 e. The zero-order chi connectivity index (χ0) is 12.9. The fraction of sp³-hybridized carbons (Fsp3) is 0.462. The smallest absolute Gasteiger partial charge is 0.246 e. The summed E-state index contributed by atoms with van der Waals surface area (Å²) in [6.45, 7) is 3.16. The fourth-order valence-electron chi connectivity index (χ4n) is 1.69. The Morgan fingerprint density at radius 1 is 1.41 bits per heavy atom. The van der Waals surface area contributed by atoms with Crippen molar-refractivity contribution in [1.82, 2.24) is 10.2 Å². The van der Waals surface area contributed by atoms with E-state index in [0.717, 1.165) is 12.1 Å². The van der Waals surface area contributed by atoms with Crippen molar-refractivity contribution in [2.75, 3.05) is 27.2 Å². The van der Waals surface area contributed by atoms with Gasteiger partial charge in [-0.15, -0.1) is 0 Å². The lowest BCUT2D eigenvalue weighted by atomic mass is 9.92. The van der Waals surface area contributed by atoms with Gasteiger partial charge < -0.3 is 16.0 Å². The summed E-state index contributed by atoms with van der Waals surface area (Å²) in [6, 6.07) is 9.45. The number of hydrogen-bond donors (Lipinski definition) is 2. The van der Waals surface area contributed by atoms with Gasteiger partial charge in [-0.2, -0.15) is 0 Å². The van der Waals surface area contributed by atoms with E-state index in [0.29, 0.717) is 6.54 Å². The van der Waals surface area contributed by atoms with Crippen LogP contribution in [0.1, 0.15) is 12.5 Å². The van der Waals surface area contributed by atoms with Gasteiger partial charge >= 0.3 is 0 Å². The van der Waals surface area contributed by atoms with Crippen LogP contribution in [0.3, 0.4) is 0 Å². The standard InChI is InChI=1S/C13H21N3O/c1-13(14,11-7-5-4-6-8-11)12(17)16(3)10-9-15-2/h4-8,15H,9-10,14H2,1-3H3. The van der Waals surface area contributed by atoms with Gasteiger partial charge in [0.15, 0.2) is 0 Å². The van der Waals surface area contributed by atoms with Gasteiger partial charge in [-0.05, 0) is 19.5 Å². The van der Waals surface area contributed by atoms with Crippen molar-refractivity contribution in [3.63, 3.8) is 0 Å². The first-order valence-electron chi connectivity index (χ1n) is 5.74. The molecule has 1 atom stereocenters. The Morgan fingerprint density at radius 3 is 2.53 bits per heavy atom. The molecule has 0 fully saturated rings. The third kappa shape index (κ3) is 3.28. The average Bonchev–Trinajstić information content (AvgIpc) is 2.36. The van der Waals surface area contributed by atoms with Crippen molar-refractivity contribution in [2.45, 2.75) is 12.5 Å². The number of nitrogens with zero attached hydrogens (tertiary/aromatic N) is 1. The van der Waals surface area contributed by atoms with E-state index in [1.54, 1.807) is 18.9 Å². The number of nitrogens with one attached hydrogen (secondary N) is 1. The van der Waals surface area contributed by atoms with Gasteiger partial charge in [-0.25, -0.2) is 0 Å². The van der Waals surface area contributed by atoms with Crippen molar-refractivity contribution >= 4 is 5.91 Å². The maximum atomic E-state index is 12.2. The molecule has 94 valence electrons. The monoisotopic (exact) mass is 235 g/mol. The zero-order valence-electron chi connectivity index (χ0n) is 10.7. The molecule has 4 nitrogen and oxygen atoms in total. The van der Waals surface area contributed by atoms with E-state index < -0.39 is 5.54 Å². The summed E-state index contributed by atoms with van der Waals surface area (Å²) in [5, 5.41) is 3.01. The van der Waals surface area contributed by atoms with Crippen LogP contribution in [0.25, 0.3) is 0 Å². The summed E-state index contributed by atoms with van der Waals surface area (Å²) >= 11 is 0. The number of rotatable bonds is 5. The number of carbonyl (C=O) groups excluding carboxylic acids is 1. The van der Waals surface area contributed by atoms with Crippen LogP contribution in [0.15, 0.2) is 30.3 Å². The number of likely N-dealkylation sites (N-methyl/N-ethyl adjacent to an activating group) is 2. The Labute approximate surface area is 103 Å². The van der Waals surface area contributed by atoms with E-state index in [1.165, 1.54) is 0 Å². The van der Waals surface area contributed by atoms with Crippen LogP contribution in [0, 0.1) is 0 Å². The molecule has 1 amide bonds. The van der Waals surface area contributed by atoms with Crippen LogP contribution in [0.5, 0.6) is 0 Å². The summed E-state index contributed by atoms with van der Waals surface area (Å²) in [5.41, 5.74) is 6.01. The lowest BCUT2D eigenvalue weighted by molar-refractivity contribution is -0.135. The number of carbonyl (C=O) groups is 1. The number of hydrogen-bond acceptors (Lipinski definition) is 3. The van der Waals surface area contributed by atoms with Gasteiger partial charge in [0.2, 0.25) is 5.91 Å². The van der Waals surface area contributed by atoms with E-state index >= 15 is 0 Å². The lowest BCUT2D eigenvalue weighted by Gasteiger charge is -2.29. The summed E-state index contributed by atoms with van der Waals surface area (Å²) in [6.07, 6.45) is 0. The Morgan fingerprint density at radius 2 is 2.00 bits per heavy atom. The highest BCUT2D eigenvalue weighted by Crippen LogP contribution is 2.19. The molecule has 0 spiro atoms. The SMILES string of the molecule is CNCCN(C)C(=O)C(C)(N)c1ccccc1. The summed E-state index contributed by atoms with van der Waals surface area (Å²) in [4.78, 5) is 13.9. The van der Waals surface area contributed by atoms with Gasteiger partial charge in [0.05, 0.1) is 0 Å². The summed E-state index contributed by atoms with van der Waals surface area (Å²) < 4.78 is 0. The van der Waals surface area contributed by atoms with Crippen molar-refractivity contribution in [3.05, 3.63) is 35.9 Å². The normalized spacial score (nSPS) is 14.1. The van der Waals surface area contributed by atoms with Crippen molar-refractivity contribution in [2.24, 2.45) is 5.73 Å². The van der Waals surface area contributed by atoms with Crippen molar-refractivity contribution in [1.29, 1.82) is 0 Å². The first-order valence-corrected chi connectivity index (χ1v) is 5.74. The van der Waals surface area contributed by atoms with Crippen LogP contribution >= 0.6 is 0 Å². The number of benzene rings is 1. The molecule has 0 aliphatic rings. The number of amides is 1. The van der Waals surface area contributed by atoms with Gasteiger partial charge in [-0.3, -0.25) is 4.79 Å². The predicted octanol–water partition coefficient (Wildman–Crippen LogP) is 0.538. The highest BCUT2D eigenvalue weighted by molar-refractivity contribution is 5.86. The molecule has 0 aliphatic heterocycles. The molecular formula is C13H21N3O. The molecule has 0 saturated heterocycles. The Balaban J connectivity index is 2.80. The highest BCUT2D eigenvalue weighted by Gasteiger charge is 2.32. The van der Waals surface area contributed by atoms with Crippen molar-refractivity contribution in [3.8, 4) is 0 Å². The minimum absolute atomic E-state index is 0.0704. The van der Waals surface area contributed by atoms with Crippen LogP contribution in [-0.2, 0) is 10.3 Å². The molecule has 0 radical (unpaired) electrons. The molecule has 1 aromatic rings. The van der Waals surface area contributed by atoms with Gasteiger partial charge in [-0.1, -0.05) is 30.3 Å². The zero-order valence-corrected chi connectivity index (χ0v) is 10.7. The van der Waals surface area contributed by atoms with E-state index in [-0.39, 0.29) is 5.91 Å². The molecule has 0 aliphatic carbocycles. The van der Waals surface area contributed by atoms with E-state index in [2.05, 4.69) is 5.32 Å². The topological polar surface area (TPSA) is 58.4 Å². The van der Waals surface area contributed by atoms with E-state index in [4.69, 9.17) is 5.73 Å². The van der Waals surface area contributed by atoms with E-state index in [1.807, 2.05) is 37.4 Å². The van der Waals surface area contributed by atoms with Crippen molar-refractivity contribution < 1.29 is 4.79 Å². The molecule has 3 N–H and O–H groups in total. The van der Waals surface area contributed by atoms with Gasteiger partial charge in [0.1, 0.15) is 5.54 Å². The fourth-order valence-corrected chi connectivity index (χ4v) is 1.69. The number of nitrogens with two attached hydrogens (primary N) is 1. The van der Waals surface area contributed by atoms with Crippen LogP contribution in [0.2, 0.25) is 0 Å². The molecule has 0 bridgehead atoms. The van der Waals surface area contributed by atoms with Crippen LogP contribution in [0.4, 0.5) is 0 Å². The first kappa shape index (κ1) is 13.7. The lowest BCUT2D eigenvalue weighted by Crippen LogP contribution is -2.50. The molecule has 1 aromatic carbocycles. The maximum absolute atomic E-state index is 12.2. The largest absolute Gasteiger partial charge is 0.343 e. The molecule has 1 unspecified atom stereocenters. The second-order valence-electron chi connectivity index (χ2n) is 4.40. The third-order valence-electron chi connectivity index (χ3n) is 2.86. The minimum atomic E-state index is -0.969. The molecule has 0 heterocycles.